The van der Waals surface area contributed by atoms with E-state index in [1.54, 1.807) is 13.0 Å². The molecule has 0 spiro atoms. The lowest BCUT2D eigenvalue weighted by atomic mass is 10.0. The van der Waals surface area contributed by atoms with Crippen molar-refractivity contribution in [2.24, 2.45) is 0 Å². The molecule has 1 aliphatic heterocycles. The number of halogens is 1. The van der Waals surface area contributed by atoms with Crippen molar-refractivity contribution >= 4 is 27.3 Å². The minimum absolute atomic E-state index is 0.0176. The molecule has 0 aromatic heterocycles. The standard InChI is InChI=1S/C15H21ClN2O3S/c1-15(6-7-22(20,21)11-15)17-14(19)10-18(2)9-12-4-3-5-13(16)8-12/h3-5,8H,6-7,9-11H2,1-2H3,(H,17,19). The van der Waals surface area contributed by atoms with Gasteiger partial charge >= 0.3 is 0 Å². The molecule has 22 heavy (non-hydrogen) atoms. The van der Waals surface area contributed by atoms with Gasteiger partial charge in [0.15, 0.2) is 9.84 Å². The van der Waals surface area contributed by atoms with Gasteiger partial charge in [0.25, 0.3) is 0 Å². The number of hydrogen-bond donors (Lipinski definition) is 1. The van der Waals surface area contributed by atoms with E-state index in [-0.39, 0.29) is 24.0 Å². The van der Waals surface area contributed by atoms with Crippen LogP contribution in [-0.4, -0.2) is 49.9 Å². The molecule has 2 rings (SSSR count). The normalized spacial score (nSPS) is 23.6. The summed E-state index contributed by atoms with van der Waals surface area (Å²) >= 11 is 5.94. The van der Waals surface area contributed by atoms with Gasteiger partial charge in [-0.25, -0.2) is 8.42 Å². The third-order valence-electron chi connectivity index (χ3n) is 3.70. The summed E-state index contributed by atoms with van der Waals surface area (Å²) in [6.45, 7) is 2.59. The zero-order chi connectivity index (χ0) is 16.4. The molecular weight excluding hydrogens is 324 g/mol. The maximum atomic E-state index is 12.1. The highest BCUT2D eigenvalue weighted by atomic mass is 35.5. The molecule has 1 fully saturated rings. The van der Waals surface area contributed by atoms with Gasteiger partial charge in [-0.3, -0.25) is 9.69 Å². The number of likely N-dealkylation sites (N-methyl/N-ethyl adjacent to an activating group) is 1. The number of amides is 1. The summed E-state index contributed by atoms with van der Waals surface area (Å²) in [7, 11) is -1.18. The van der Waals surface area contributed by atoms with Gasteiger partial charge in [0.1, 0.15) is 0 Å². The van der Waals surface area contributed by atoms with Crippen molar-refractivity contribution in [3.8, 4) is 0 Å². The molecule has 1 heterocycles. The van der Waals surface area contributed by atoms with Crippen LogP contribution in [-0.2, 0) is 21.2 Å². The molecule has 1 unspecified atom stereocenters. The van der Waals surface area contributed by atoms with Crippen LogP contribution in [0.5, 0.6) is 0 Å². The topological polar surface area (TPSA) is 66.5 Å². The third-order valence-corrected chi connectivity index (χ3v) is 5.84. The Kier molecular flexibility index (Phi) is 5.14. The average molecular weight is 345 g/mol. The molecular formula is C15H21ClN2O3S. The second kappa shape index (κ2) is 6.56. The van der Waals surface area contributed by atoms with E-state index in [1.165, 1.54) is 0 Å². The zero-order valence-electron chi connectivity index (χ0n) is 12.8. The highest BCUT2D eigenvalue weighted by Crippen LogP contribution is 2.22. The summed E-state index contributed by atoms with van der Waals surface area (Å²) in [5.74, 6) is -0.00423. The monoisotopic (exact) mass is 344 g/mol. The molecule has 1 N–H and O–H groups in total. The Morgan fingerprint density at radius 3 is 2.77 bits per heavy atom. The fraction of sp³-hybridized carbons (Fsp3) is 0.533. The summed E-state index contributed by atoms with van der Waals surface area (Å²) in [4.78, 5) is 14.0. The molecule has 0 bridgehead atoms. The fourth-order valence-corrected chi connectivity index (χ4v) is 5.04. The predicted octanol–water partition coefficient (Wildman–Crippen LogP) is 1.47. The van der Waals surface area contributed by atoms with Gasteiger partial charge in [-0.2, -0.15) is 0 Å². The number of carbonyl (C=O) groups is 1. The van der Waals surface area contributed by atoms with E-state index in [0.717, 1.165) is 5.56 Å². The van der Waals surface area contributed by atoms with Crippen LogP contribution >= 0.6 is 11.6 Å². The molecule has 1 amide bonds. The van der Waals surface area contributed by atoms with Crippen LogP contribution in [0.2, 0.25) is 5.02 Å². The minimum Gasteiger partial charge on any atom is -0.349 e. The average Bonchev–Trinajstić information content (AvgIpc) is 2.62. The maximum Gasteiger partial charge on any atom is 0.234 e. The smallest absolute Gasteiger partial charge is 0.234 e. The van der Waals surface area contributed by atoms with Gasteiger partial charge in [0.05, 0.1) is 23.6 Å². The summed E-state index contributed by atoms with van der Waals surface area (Å²) in [5, 5.41) is 3.52. The Labute approximate surface area is 136 Å². The van der Waals surface area contributed by atoms with Gasteiger partial charge in [-0.1, -0.05) is 23.7 Å². The predicted molar refractivity (Wildman–Crippen MR) is 87.6 cm³/mol. The number of hydrogen-bond acceptors (Lipinski definition) is 4. The quantitative estimate of drug-likeness (QED) is 0.878. The molecule has 0 radical (unpaired) electrons. The Bertz CT molecular complexity index is 663. The Hall–Kier alpha value is -1.11. The van der Waals surface area contributed by atoms with Gasteiger partial charge in [0.2, 0.25) is 5.91 Å². The van der Waals surface area contributed by atoms with Crippen LogP contribution in [0.1, 0.15) is 18.9 Å². The lowest BCUT2D eigenvalue weighted by molar-refractivity contribution is -0.123. The van der Waals surface area contributed by atoms with Crippen LogP contribution in [0.25, 0.3) is 0 Å². The Morgan fingerprint density at radius 1 is 1.45 bits per heavy atom. The summed E-state index contributed by atoms with van der Waals surface area (Å²) in [5.41, 5.74) is 0.379. The van der Waals surface area contributed by atoms with Crippen molar-refractivity contribution in [1.82, 2.24) is 10.2 Å². The van der Waals surface area contributed by atoms with E-state index in [9.17, 15) is 13.2 Å². The van der Waals surface area contributed by atoms with Gasteiger partial charge in [-0.15, -0.1) is 0 Å². The number of nitrogens with one attached hydrogen (secondary N) is 1. The first-order chi connectivity index (χ1) is 10.2. The van der Waals surface area contributed by atoms with Crippen molar-refractivity contribution in [2.75, 3.05) is 25.1 Å². The largest absolute Gasteiger partial charge is 0.349 e. The van der Waals surface area contributed by atoms with Crippen LogP contribution in [0.4, 0.5) is 0 Å². The molecule has 122 valence electrons. The first-order valence-electron chi connectivity index (χ1n) is 7.12. The summed E-state index contributed by atoms with van der Waals surface area (Å²) < 4.78 is 23.1. The lowest BCUT2D eigenvalue weighted by Crippen LogP contribution is -2.49. The number of rotatable bonds is 5. The van der Waals surface area contributed by atoms with Crippen molar-refractivity contribution in [1.29, 1.82) is 0 Å². The van der Waals surface area contributed by atoms with Crippen molar-refractivity contribution in [3.05, 3.63) is 34.9 Å². The molecule has 1 aliphatic rings. The van der Waals surface area contributed by atoms with Crippen molar-refractivity contribution in [2.45, 2.75) is 25.4 Å². The van der Waals surface area contributed by atoms with E-state index in [2.05, 4.69) is 5.32 Å². The molecule has 0 aliphatic carbocycles. The highest BCUT2D eigenvalue weighted by Gasteiger charge is 2.39. The molecule has 7 heteroatoms. The van der Waals surface area contributed by atoms with Gasteiger partial charge in [-0.05, 0) is 38.1 Å². The number of carbonyl (C=O) groups excluding carboxylic acids is 1. The molecule has 1 atom stereocenters. The minimum atomic E-state index is -3.02. The molecule has 1 aromatic carbocycles. The van der Waals surface area contributed by atoms with Crippen LogP contribution in [0.15, 0.2) is 24.3 Å². The van der Waals surface area contributed by atoms with E-state index in [1.807, 2.05) is 30.1 Å². The number of sulfone groups is 1. The number of benzene rings is 1. The Balaban J connectivity index is 1.87. The fourth-order valence-electron chi connectivity index (χ4n) is 2.73. The van der Waals surface area contributed by atoms with Gasteiger partial charge < -0.3 is 5.32 Å². The van der Waals surface area contributed by atoms with E-state index in [4.69, 9.17) is 11.6 Å². The molecule has 5 nitrogen and oxygen atoms in total. The molecule has 1 saturated heterocycles. The molecule has 1 aromatic rings. The van der Waals surface area contributed by atoms with Crippen LogP contribution in [0, 0.1) is 0 Å². The van der Waals surface area contributed by atoms with Crippen molar-refractivity contribution in [3.63, 3.8) is 0 Å². The lowest BCUT2D eigenvalue weighted by Gasteiger charge is -2.25. The van der Waals surface area contributed by atoms with E-state index in [0.29, 0.717) is 18.0 Å². The molecule has 0 saturated carbocycles. The summed E-state index contributed by atoms with van der Waals surface area (Å²) in [6, 6.07) is 7.49. The summed E-state index contributed by atoms with van der Waals surface area (Å²) in [6.07, 6.45) is 0.471. The van der Waals surface area contributed by atoms with Crippen LogP contribution in [0.3, 0.4) is 0 Å². The van der Waals surface area contributed by atoms with Gasteiger partial charge in [0, 0.05) is 11.6 Å². The first-order valence-corrected chi connectivity index (χ1v) is 9.32. The second-order valence-electron chi connectivity index (χ2n) is 6.25. The zero-order valence-corrected chi connectivity index (χ0v) is 14.4. The van der Waals surface area contributed by atoms with Crippen LogP contribution < -0.4 is 5.32 Å². The Morgan fingerprint density at radius 2 is 2.18 bits per heavy atom. The number of nitrogens with zero attached hydrogens (tertiary/aromatic N) is 1. The van der Waals surface area contributed by atoms with Crippen molar-refractivity contribution < 1.29 is 13.2 Å². The van der Waals surface area contributed by atoms with E-state index < -0.39 is 15.4 Å². The first kappa shape index (κ1) is 17.2. The van der Waals surface area contributed by atoms with E-state index >= 15 is 0 Å². The third kappa shape index (κ3) is 4.97. The highest BCUT2D eigenvalue weighted by molar-refractivity contribution is 7.91. The second-order valence-corrected chi connectivity index (χ2v) is 8.87. The maximum absolute atomic E-state index is 12.1. The SMILES string of the molecule is CN(CC(=O)NC1(C)CCS(=O)(=O)C1)Cc1cccc(Cl)c1.